The van der Waals surface area contributed by atoms with Crippen LogP contribution in [0.3, 0.4) is 0 Å². The van der Waals surface area contributed by atoms with Crippen LogP contribution in [-0.4, -0.2) is 27.8 Å². The van der Waals surface area contributed by atoms with E-state index in [2.05, 4.69) is 20.6 Å². The SMILES string of the molecule is Cc1cc(C)nc(Oc2cccc(NC(=O)C3CCC(=O)N3)c2)n1. The summed E-state index contributed by atoms with van der Waals surface area (Å²) in [6, 6.07) is 8.61. The molecular weight excluding hydrogens is 308 g/mol. The second-order valence-electron chi connectivity index (χ2n) is 5.71. The van der Waals surface area contributed by atoms with Gasteiger partial charge in [0.2, 0.25) is 11.8 Å². The molecule has 2 N–H and O–H groups in total. The van der Waals surface area contributed by atoms with Gasteiger partial charge < -0.3 is 15.4 Å². The highest BCUT2D eigenvalue weighted by Crippen LogP contribution is 2.22. The van der Waals surface area contributed by atoms with Crippen LogP contribution in [0.4, 0.5) is 5.69 Å². The van der Waals surface area contributed by atoms with Gasteiger partial charge in [-0.1, -0.05) is 6.07 Å². The van der Waals surface area contributed by atoms with E-state index in [4.69, 9.17) is 4.74 Å². The lowest BCUT2D eigenvalue weighted by molar-refractivity contribution is -0.122. The predicted molar refractivity (Wildman–Crippen MR) is 87.8 cm³/mol. The Morgan fingerprint density at radius 3 is 2.67 bits per heavy atom. The summed E-state index contributed by atoms with van der Waals surface area (Å²) in [5.74, 6) is 0.188. The van der Waals surface area contributed by atoms with E-state index in [1.165, 1.54) is 0 Å². The minimum absolute atomic E-state index is 0.0980. The van der Waals surface area contributed by atoms with Gasteiger partial charge in [0.25, 0.3) is 0 Å². The van der Waals surface area contributed by atoms with Gasteiger partial charge in [-0.3, -0.25) is 9.59 Å². The number of hydrogen-bond donors (Lipinski definition) is 2. The normalized spacial score (nSPS) is 16.6. The first-order valence-electron chi connectivity index (χ1n) is 7.70. The lowest BCUT2D eigenvalue weighted by Crippen LogP contribution is -2.37. The second kappa shape index (κ2) is 6.66. The van der Waals surface area contributed by atoms with E-state index in [-0.39, 0.29) is 17.8 Å². The van der Waals surface area contributed by atoms with Crippen LogP contribution in [0.15, 0.2) is 30.3 Å². The van der Waals surface area contributed by atoms with Gasteiger partial charge in [-0.05, 0) is 38.5 Å². The van der Waals surface area contributed by atoms with Gasteiger partial charge in [0.1, 0.15) is 11.8 Å². The first-order chi connectivity index (χ1) is 11.5. The van der Waals surface area contributed by atoms with Gasteiger partial charge in [0.15, 0.2) is 0 Å². The van der Waals surface area contributed by atoms with Crippen molar-refractivity contribution in [2.45, 2.75) is 32.7 Å². The first kappa shape index (κ1) is 15.9. The lowest BCUT2D eigenvalue weighted by atomic mass is 10.2. The molecule has 1 aromatic heterocycles. The Kier molecular flexibility index (Phi) is 4.41. The van der Waals surface area contributed by atoms with Crippen LogP contribution in [0.5, 0.6) is 11.8 Å². The molecule has 2 aromatic rings. The molecule has 0 saturated carbocycles. The summed E-state index contributed by atoms with van der Waals surface area (Å²) in [5, 5.41) is 5.42. The molecular formula is C17H18N4O3. The Morgan fingerprint density at radius 1 is 1.25 bits per heavy atom. The van der Waals surface area contributed by atoms with Gasteiger partial charge in [0.05, 0.1) is 0 Å². The lowest BCUT2D eigenvalue weighted by Gasteiger charge is -2.12. The number of hydrogen-bond acceptors (Lipinski definition) is 5. The van der Waals surface area contributed by atoms with Crippen LogP contribution in [0.2, 0.25) is 0 Å². The van der Waals surface area contributed by atoms with Crippen molar-refractivity contribution in [3.8, 4) is 11.8 Å². The predicted octanol–water partition coefficient (Wildman–Crippen LogP) is 2.10. The summed E-state index contributed by atoms with van der Waals surface area (Å²) >= 11 is 0. The van der Waals surface area contributed by atoms with E-state index in [0.29, 0.717) is 24.3 Å². The Bertz CT molecular complexity index is 771. The number of aryl methyl sites for hydroxylation is 2. The summed E-state index contributed by atoms with van der Waals surface area (Å²) in [6.07, 6.45) is 0.891. The number of carbonyl (C=O) groups is 2. The Balaban J connectivity index is 1.69. The summed E-state index contributed by atoms with van der Waals surface area (Å²) in [6.45, 7) is 3.74. The van der Waals surface area contributed by atoms with Crippen molar-refractivity contribution < 1.29 is 14.3 Å². The molecule has 0 spiro atoms. The Morgan fingerprint density at radius 2 is 2.00 bits per heavy atom. The largest absolute Gasteiger partial charge is 0.424 e. The third-order valence-corrected chi connectivity index (χ3v) is 3.58. The van der Waals surface area contributed by atoms with Crippen molar-refractivity contribution in [3.63, 3.8) is 0 Å². The van der Waals surface area contributed by atoms with Crippen LogP contribution in [0.1, 0.15) is 24.2 Å². The van der Waals surface area contributed by atoms with Crippen molar-refractivity contribution in [1.82, 2.24) is 15.3 Å². The summed E-state index contributed by atoms with van der Waals surface area (Å²) < 4.78 is 5.66. The Labute approximate surface area is 139 Å². The van der Waals surface area contributed by atoms with E-state index in [1.54, 1.807) is 24.3 Å². The molecule has 1 saturated heterocycles. The molecule has 7 heteroatoms. The average Bonchev–Trinajstić information content (AvgIpc) is 2.93. The quantitative estimate of drug-likeness (QED) is 0.897. The maximum atomic E-state index is 12.1. The van der Waals surface area contributed by atoms with Crippen molar-refractivity contribution in [2.75, 3.05) is 5.32 Å². The van der Waals surface area contributed by atoms with Gasteiger partial charge in [-0.2, -0.15) is 0 Å². The highest BCUT2D eigenvalue weighted by Gasteiger charge is 2.27. The van der Waals surface area contributed by atoms with Gasteiger partial charge in [0, 0.05) is 29.6 Å². The number of benzene rings is 1. The van der Waals surface area contributed by atoms with Gasteiger partial charge >= 0.3 is 6.01 Å². The fraction of sp³-hybridized carbons (Fsp3) is 0.294. The number of aromatic nitrogens is 2. The third kappa shape index (κ3) is 3.87. The maximum Gasteiger partial charge on any atom is 0.322 e. The summed E-state index contributed by atoms with van der Waals surface area (Å²) in [4.78, 5) is 31.8. The molecule has 2 amide bonds. The number of rotatable bonds is 4. The molecule has 1 unspecified atom stereocenters. The van der Waals surface area contributed by atoms with Gasteiger partial charge in [-0.15, -0.1) is 0 Å². The fourth-order valence-corrected chi connectivity index (χ4v) is 2.52. The van der Waals surface area contributed by atoms with Crippen molar-refractivity contribution >= 4 is 17.5 Å². The maximum absolute atomic E-state index is 12.1. The number of ether oxygens (including phenoxy) is 1. The third-order valence-electron chi connectivity index (χ3n) is 3.58. The molecule has 0 aliphatic carbocycles. The molecule has 0 radical (unpaired) electrons. The highest BCUT2D eigenvalue weighted by molar-refractivity contribution is 5.99. The Hall–Kier alpha value is -2.96. The molecule has 24 heavy (non-hydrogen) atoms. The highest BCUT2D eigenvalue weighted by atomic mass is 16.5. The molecule has 3 rings (SSSR count). The van der Waals surface area contributed by atoms with Crippen molar-refractivity contribution in [3.05, 3.63) is 41.7 Å². The topological polar surface area (TPSA) is 93.2 Å². The number of nitrogens with one attached hydrogen (secondary N) is 2. The minimum atomic E-state index is -0.482. The first-order valence-corrected chi connectivity index (χ1v) is 7.70. The number of nitrogens with zero attached hydrogens (tertiary/aromatic N) is 2. The average molecular weight is 326 g/mol. The zero-order chi connectivity index (χ0) is 17.1. The molecule has 1 aliphatic heterocycles. The molecule has 1 aliphatic rings. The second-order valence-corrected chi connectivity index (χ2v) is 5.71. The summed E-state index contributed by atoms with van der Waals surface area (Å²) in [5.41, 5.74) is 2.22. The number of carbonyl (C=O) groups excluding carboxylic acids is 2. The van der Waals surface area contributed by atoms with Crippen LogP contribution in [-0.2, 0) is 9.59 Å². The molecule has 1 fully saturated rings. The van der Waals surface area contributed by atoms with E-state index in [1.807, 2.05) is 19.9 Å². The molecule has 124 valence electrons. The zero-order valence-electron chi connectivity index (χ0n) is 13.5. The zero-order valence-corrected chi connectivity index (χ0v) is 13.5. The van der Waals surface area contributed by atoms with E-state index >= 15 is 0 Å². The monoisotopic (exact) mass is 326 g/mol. The van der Waals surface area contributed by atoms with E-state index in [0.717, 1.165) is 11.4 Å². The molecule has 2 heterocycles. The molecule has 7 nitrogen and oxygen atoms in total. The van der Waals surface area contributed by atoms with Crippen LogP contribution >= 0.6 is 0 Å². The van der Waals surface area contributed by atoms with Gasteiger partial charge in [-0.25, -0.2) is 9.97 Å². The molecule has 1 atom stereocenters. The van der Waals surface area contributed by atoms with E-state index < -0.39 is 6.04 Å². The van der Waals surface area contributed by atoms with Crippen molar-refractivity contribution in [2.24, 2.45) is 0 Å². The van der Waals surface area contributed by atoms with Crippen molar-refractivity contribution in [1.29, 1.82) is 0 Å². The number of amides is 2. The minimum Gasteiger partial charge on any atom is -0.424 e. The molecule has 1 aromatic carbocycles. The molecule has 0 bridgehead atoms. The standard InChI is InChI=1S/C17H18N4O3/c1-10-8-11(2)19-17(18-10)24-13-5-3-4-12(9-13)20-16(23)14-6-7-15(22)21-14/h3-5,8-9,14H,6-7H2,1-2H3,(H,20,23)(H,21,22). The van der Waals surface area contributed by atoms with Crippen LogP contribution in [0, 0.1) is 13.8 Å². The van der Waals surface area contributed by atoms with Crippen LogP contribution in [0.25, 0.3) is 0 Å². The van der Waals surface area contributed by atoms with E-state index in [9.17, 15) is 9.59 Å². The summed E-state index contributed by atoms with van der Waals surface area (Å²) in [7, 11) is 0. The van der Waals surface area contributed by atoms with Crippen LogP contribution < -0.4 is 15.4 Å². The smallest absolute Gasteiger partial charge is 0.322 e. The fourth-order valence-electron chi connectivity index (χ4n) is 2.52. The number of anilines is 1.